The van der Waals surface area contributed by atoms with Gasteiger partial charge in [-0.05, 0) is 57.4 Å². The summed E-state index contributed by atoms with van der Waals surface area (Å²) in [6.45, 7) is 6.97. The van der Waals surface area contributed by atoms with Crippen LogP contribution in [0.1, 0.15) is 45.6 Å². The van der Waals surface area contributed by atoms with Gasteiger partial charge in [0, 0.05) is 48.9 Å². The Bertz CT molecular complexity index is 895. The number of carbonyl (C=O) groups excluding carboxylic acids is 1. The van der Waals surface area contributed by atoms with Gasteiger partial charge in [-0.3, -0.25) is 0 Å². The van der Waals surface area contributed by atoms with Gasteiger partial charge in [0.1, 0.15) is 11.2 Å². The second-order valence-electron chi connectivity index (χ2n) is 9.06. The highest BCUT2D eigenvalue weighted by Gasteiger charge is 2.41. The van der Waals surface area contributed by atoms with Crippen LogP contribution in [-0.4, -0.2) is 40.3 Å². The monoisotopic (exact) mass is 395 g/mol. The first-order valence-corrected chi connectivity index (χ1v) is 10.2. The predicted molar refractivity (Wildman–Crippen MR) is 113 cm³/mol. The number of nitrogens with two attached hydrogens (primary N) is 1. The van der Waals surface area contributed by atoms with E-state index >= 15 is 0 Å². The lowest BCUT2D eigenvalue weighted by atomic mass is 9.83. The molecule has 6 heteroatoms. The maximum atomic E-state index is 12.3. The van der Waals surface area contributed by atoms with E-state index in [1.807, 2.05) is 51.2 Å². The Morgan fingerprint density at radius 3 is 2.48 bits per heavy atom. The van der Waals surface area contributed by atoms with Crippen LogP contribution in [0.5, 0.6) is 5.88 Å². The average molecular weight is 396 g/mol. The van der Waals surface area contributed by atoms with E-state index in [9.17, 15) is 4.79 Å². The zero-order valence-corrected chi connectivity index (χ0v) is 17.4. The summed E-state index contributed by atoms with van der Waals surface area (Å²) >= 11 is 0. The van der Waals surface area contributed by atoms with Gasteiger partial charge in [0.05, 0.1) is 0 Å². The minimum absolute atomic E-state index is 0.235. The Labute approximate surface area is 172 Å². The molecule has 0 radical (unpaired) electrons. The van der Waals surface area contributed by atoms with Crippen LogP contribution in [0.2, 0.25) is 0 Å². The number of rotatable bonds is 1. The second-order valence-corrected chi connectivity index (χ2v) is 9.06. The van der Waals surface area contributed by atoms with Gasteiger partial charge in [-0.1, -0.05) is 12.1 Å². The van der Waals surface area contributed by atoms with Crippen LogP contribution in [0.15, 0.2) is 36.5 Å². The average Bonchev–Trinajstić information content (AvgIpc) is 2.67. The number of hydrogen-bond acceptors (Lipinski definition) is 5. The van der Waals surface area contributed by atoms with Gasteiger partial charge in [0.25, 0.3) is 0 Å². The minimum atomic E-state index is -0.474. The van der Waals surface area contributed by atoms with Crippen molar-refractivity contribution in [1.82, 2.24) is 9.88 Å². The number of fused-ring (bicyclic) bond motifs is 1. The smallest absolute Gasteiger partial charge is 0.410 e. The normalized spacial score (nSPS) is 18.1. The fourth-order valence-electron chi connectivity index (χ4n) is 4.00. The number of nitrogen functional groups attached to an aromatic ring is 1. The highest BCUT2D eigenvalue weighted by Crippen LogP contribution is 2.39. The molecule has 1 amide bonds. The molecule has 154 valence electrons. The number of carbonyl (C=O) groups is 1. The molecule has 4 rings (SSSR count). The number of nitrogens with zero attached hydrogens (tertiary/aromatic N) is 2. The quantitative estimate of drug-likeness (QED) is 0.723. The first-order chi connectivity index (χ1) is 13.7. The molecule has 29 heavy (non-hydrogen) atoms. The number of likely N-dealkylation sites (tertiary alicyclic amines) is 1. The molecule has 3 heterocycles. The van der Waals surface area contributed by atoms with Crippen molar-refractivity contribution in [2.75, 3.05) is 18.8 Å². The molecule has 0 bridgehead atoms. The number of amides is 1. The fraction of sp³-hybridized carbons (Fsp3) is 0.478. The van der Waals surface area contributed by atoms with Gasteiger partial charge in [-0.2, -0.15) is 0 Å². The molecule has 2 aromatic rings. The van der Waals surface area contributed by atoms with Crippen molar-refractivity contribution >= 4 is 11.8 Å². The molecule has 0 saturated carbocycles. The third-order valence-corrected chi connectivity index (χ3v) is 5.66. The van der Waals surface area contributed by atoms with Crippen LogP contribution in [0.4, 0.5) is 10.5 Å². The van der Waals surface area contributed by atoms with Gasteiger partial charge >= 0.3 is 6.09 Å². The van der Waals surface area contributed by atoms with Crippen LogP contribution in [0, 0.1) is 0 Å². The highest BCUT2D eigenvalue weighted by atomic mass is 16.6. The molecule has 1 aromatic carbocycles. The molecular weight excluding hydrogens is 366 g/mol. The van der Waals surface area contributed by atoms with Crippen molar-refractivity contribution in [3.8, 4) is 17.0 Å². The molecule has 0 aliphatic carbocycles. The molecular formula is C23H29N3O3. The molecule has 2 aliphatic heterocycles. The summed E-state index contributed by atoms with van der Waals surface area (Å²) in [6.07, 6.45) is 5.08. The van der Waals surface area contributed by atoms with E-state index in [1.165, 1.54) is 0 Å². The first-order valence-electron chi connectivity index (χ1n) is 10.2. The van der Waals surface area contributed by atoms with E-state index in [1.54, 1.807) is 4.90 Å². The lowest BCUT2D eigenvalue weighted by molar-refractivity contribution is -0.0296. The second kappa shape index (κ2) is 7.25. The van der Waals surface area contributed by atoms with Crippen molar-refractivity contribution in [2.45, 2.75) is 57.7 Å². The molecule has 1 aromatic heterocycles. The molecule has 1 spiro atoms. The molecule has 2 N–H and O–H groups in total. The van der Waals surface area contributed by atoms with Crippen molar-refractivity contribution < 1.29 is 14.3 Å². The largest absolute Gasteiger partial charge is 0.471 e. The number of piperidine rings is 1. The lowest BCUT2D eigenvalue weighted by Gasteiger charge is -2.44. The lowest BCUT2D eigenvalue weighted by Crippen LogP contribution is -2.52. The Morgan fingerprint density at radius 2 is 1.83 bits per heavy atom. The summed E-state index contributed by atoms with van der Waals surface area (Å²) in [5.41, 5.74) is 9.14. The van der Waals surface area contributed by atoms with Gasteiger partial charge in [-0.25, -0.2) is 9.78 Å². The third kappa shape index (κ3) is 4.31. The van der Waals surface area contributed by atoms with Gasteiger partial charge in [-0.15, -0.1) is 0 Å². The molecule has 2 aliphatic rings. The maximum Gasteiger partial charge on any atom is 0.410 e. The first kappa shape index (κ1) is 19.6. The van der Waals surface area contributed by atoms with E-state index < -0.39 is 5.60 Å². The predicted octanol–water partition coefficient (Wildman–Crippen LogP) is 4.43. The van der Waals surface area contributed by atoms with Gasteiger partial charge in [0.15, 0.2) is 0 Å². The van der Waals surface area contributed by atoms with Crippen LogP contribution in [0.25, 0.3) is 11.1 Å². The zero-order chi connectivity index (χ0) is 20.6. The number of hydrogen-bond donors (Lipinski definition) is 1. The maximum absolute atomic E-state index is 12.3. The number of pyridine rings is 1. The van der Waals surface area contributed by atoms with Crippen LogP contribution in [-0.2, 0) is 11.2 Å². The topological polar surface area (TPSA) is 77.7 Å². The van der Waals surface area contributed by atoms with E-state index in [0.29, 0.717) is 13.1 Å². The standard InChI is InChI=1S/C23H29N3O3/c1-22(2,3)29-21(27)26-12-10-23(11-13-26)9-8-17-14-18(15-25-20(17)28-23)16-4-6-19(24)7-5-16/h4-7,14-15H,8-13,24H2,1-3H3. The molecule has 1 saturated heterocycles. The fourth-order valence-corrected chi connectivity index (χ4v) is 4.00. The van der Waals surface area contributed by atoms with Crippen LogP contribution >= 0.6 is 0 Å². The molecule has 6 nitrogen and oxygen atoms in total. The van der Waals surface area contributed by atoms with Crippen molar-refractivity contribution in [2.24, 2.45) is 0 Å². The SMILES string of the molecule is CC(C)(C)OC(=O)N1CCC2(CCc3cc(-c4ccc(N)cc4)cnc3O2)CC1. The van der Waals surface area contributed by atoms with Crippen molar-refractivity contribution in [3.63, 3.8) is 0 Å². The number of aromatic nitrogens is 1. The zero-order valence-electron chi connectivity index (χ0n) is 17.4. The van der Waals surface area contributed by atoms with E-state index in [-0.39, 0.29) is 11.7 Å². The van der Waals surface area contributed by atoms with Gasteiger partial charge < -0.3 is 20.1 Å². The number of anilines is 1. The van der Waals surface area contributed by atoms with Crippen LogP contribution < -0.4 is 10.5 Å². The van der Waals surface area contributed by atoms with E-state index in [0.717, 1.165) is 53.9 Å². The number of benzene rings is 1. The molecule has 0 atom stereocenters. The summed E-state index contributed by atoms with van der Waals surface area (Å²) in [5.74, 6) is 0.723. The summed E-state index contributed by atoms with van der Waals surface area (Å²) in [4.78, 5) is 18.7. The van der Waals surface area contributed by atoms with Crippen molar-refractivity contribution in [1.29, 1.82) is 0 Å². The highest BCUT2D eigenvalue weighted by molar-refractivity contribution is 5.68. The Balaban J connectivity index is 1.43. The number of ether oxygens (including phenoxy) is 2. The molecule has 1 fully saturated rings. The van der Waals surface area contributed by atoms with Crippen molar-refractivity contribution in [3.05, 3.63) is 42.1 Å². The van der Waals surface area contributed by atoms with E-state index in [2.05, 4.69) is 11.1 Å². The van der Waals surface area contributed by atoms with Crippen LogP contribution in [0.3, 0.4) is 0 Å². The summed E-state index contributed by atoms with van der Waals surface area (Å²) < 4.78 is 11.9. The summed E-state index contributed by atoms with van der Waals surface area (Å²) in [5, 5.41) is 0. The summed E-state index contributed by atoms with van der Waals surface area (Å²) in [6, 6.07) is 9.99. The van der Waals surface area contributed by atoms with E-state index in [4.69, 9.17) is 15.2 Å². The summed E-state index contributed by atoms with van der Waals surface area (Å²) in [7, 11) is 0. The number of aryl methyl sites for hydroxylation is 1. The Morgan fingerprint density at radius 1 is 1.14 bits per heavy atom. The van der Waals surface area contributed by atoms with Gasteiger partial charge in [0.2, 0.25) is 5.88 Å². The Kier molecular flexibility index (Phi) is 4.89. The minimum Gasteiger partial charge on any atom is -0.471 e. The third-order valence-electron chi connectivity index (χ3n) is 5.66. The molecule has 0 unspecified atom stereocenters. The Hall–Kier alpha value is -2.76.